The second-order valence-electron chi connectivity index (χ2n) is 4.87. The highest BCUT2D eigenvalue weighted by Crippen LogP contribution is 2.20. The third-order valence-electron chi connectivity index (χ3n) is 2.84. The molecule has 104 valence electrons. The fourth-order valence-electron chi connectivity index (χ4n) is 1.93. The van der Waals surface area contributed by atoms with E-state index in [9.17, 15) is 0 Å². The summed E-state index contributed by atoms with van der Waals surface area (Å²) < 4.78 is 0. The predicted molar refractivity (Wildman–Crippen MR) is 80.2 cm³/mol. The topological polar surface area (TPSA) is 41.1 Å². The van der Waals surface area contributed by atoms with Gasteiger partial charge in [0.2, 0.25) is 0 Å². The number of hydrogen-bond donors (Lipinski definition) is 1. The van der Waals surface area contributed by atoms with Crippen molar-refractivity contribution in [1.29, 1.82) is 0 Å². The lowest BCUT2D eigenvalue weighted by molar-refractivity contribution is 0.713. The fourth-order valence-corrected chi connectivity index (χ4v) is 1.93. The molecule has 1 heterocycles. The maximum atomic E-state index is 5.45. The number of nitrogens with one attached hydrogen (secondary N) is 1. The molecule has 0 spiro atoms. The maximum absolute atomic E-state index is 5.45. The van der Waals surface area contributed by atoms with Crippen LogP contribution >= 0.6 is 0 Å². The van der Waals surface area contributed by atoms with Crippen LogP contribution in [0.5, 0.6) is 0 Å². The minimum atomic E-state index is 0.330. The van der Waals surface area contributed by atoms with E-state index in [0.29, 0.717) is 12.5 Å². The Labute approximate surface area is 116 Å². The van der Waals surface area contributed by atoms with Crippen molar-refractivity contribution in [3.05, 3.63) is 17.7 Å². The molecule has 4 nitrogen and oxygen atoms in total. The monoisotopic (exact) mass is 260 g/mol. The molecule has 0 aliphatic rings. The Morgan fingerprint density at radius 2 is 2.21 bits per heavy atom. The van der Waals surface area contributed by atoms with Crippen molar-refractivity contribution in [2.45, 2.75) is 39.7 Å². The lowest BCUT2D eigenvalue weighted by Crippen LogP contribution is -2.27. The van der Waals surface area contributed by atoms with Gasteiger partial charge in [0.15, 0.2) is 0 Å². The van der Waals surface area contributed by atoms with Gasteiger partial charge in [-0.25, -0.2) is 9.97 Å². The van der Waals surface area contributed by atoms with Crippen LogP contribution in [0.3, 0.4) is 0 Å². The third-order valence-corrected chi connectivity index (χ3v) is 2.84. The van der Waals surface area contributed by atoms with Gasteiger partial charge in [-0.3, -0.25) is 0 Å². The molecule has 0 amide bonds. The average molecular weight is 260 g/mol. The van der Waals surface area contributed by atoms with Gasteiger partial charge in [-0.1, -0.05) is 26.7 Å². The van der Waals surface area contributed by atoms with Crippen LogP contribution in [-0.4, -0.2) is 30.1 Å². The molecular formula is C15H24N4. The highest BCUT2D eigenvalue weighted by atomic mass is 15.1. The number of terminal acetylenes is 1. The molecule has 4 heteroatoms. The van der Waals surface area contributed by atoms with Crippen molar-refractivity contribution in [3.63, 3.8) is 0 Å². The summed E-state index contributed by atoms with van der Waals surface area (Å²) in [6.45, 7) is 8.58. The Bertz CT molecular complexity index is 434. The van der Waals surface area contributed by atoms with E-state index in [1.54, 1.807) is 0 Å². The second-order valence-corrected chi connectivity index (χ2v) is 4.87. The predicted octanol–water partition coefficient (Wildman–Crippen LogP) is 2.17. The third kappa shape index (κ3) is 4.22. The maximum Gasteiger partial charge on any atom is 0.131 e. The summed E-state index contributed by atoms with van der Waals surface area (Å²) in [4.78, 5) is 11.3. The quantitative estimate of drug-likeness (QED) is 0.763. The standard InChI is InChI=1S/C15H24N4/c1-6-8-19(9-7-2)14-11-17-15(12(3)4)18-13(14)10-16-5/h1,11-12,16H,7-10H2,2-5H3. The van der Waals surface area contributed by atoms with Gasteiger partial charge in [-0.05, 0) is 13.5 Å². The minimum absolute atomic E-state index is 0.330. The molecule has 0 aliphatic carbocycles. The molecule has 0 unspecified atom stereocenters. The summed E-state index contributed by atoms with van der Waals surface area (Å²) in [5.74, 6) is 3.92. The Hall–Kier alpha value is -1.60. The summed E-state index contributed by atoms with van der Waals surface area (Å²) >= 11 is 0. The molecule has 19 heavy (non-hydrogen) atoms. The van der Waals surface area contributed by atoms with Crippen molar-refractivity contribution in [2.75, 3.05) is 25.0 Å². The summed E-state index contributed by atoms with van der Waals surface area (Å²) in [5.41, 5.74) is 2.06. The fraction of sp³-hybridized carbons (Fsp3) is 0.600. The van der Waals surface area contributed by atoms with Crippen LogP contribution < -0.4 is 10.2 Å². The van der Waals surface area contributed by atoms with Gasteiger partial charge in [0.25, 0.3) is 0 Å². The summed E-state index contributed by atoms with van der Waals surface area (Å²) in [6, 6.07) is 0. The molecule has 0 saturated heterocycles. The molecule has 1 aromatic rings. The first-order valence-electron chi connectivity index (χ1n) is 6.82. The van der Waals surface area contributed by atoms with E-state index in [0.717, 1.165) is 36.7 Å². The van der Waals surface area contributed by atoms with E-state index in [4.69, 9.17) is 6.42 Å². The van der Waals surface area contributed by atoms with Crippen molar-refractivity contribution >= 4 is 5.69 Å². The lowest BCUT2D eigenvalue weighted by atomic mass is 10.2. The smallest absolute Gasteiger partial charge is 0.131 e. The molecule has 0 atom stereocenters. The number of nitrogens with zero attached hydrogens (tertiary/aromatic N) is 3. The number of rotatable bonds is 7. The SMILES string of the molecule is C#CCN(CCC)c1cnc(C(C)C)nc1CNC. The van der Waals surface area contributed by atoms with Crippen LogP contribution in [0, 0.1) is 12.3 Å². The van der Waals surface area contributed by atoms with E-state index in [1.807, 2.05) is 13.2 Å². The number of anilines is 1. The highest BCUT2D eigenvalue weighted by molar-refractivity contribution is 5.50. The van der Waals surface area contributed by atoms with E-state index < -0.39 is 0 Å². The summed E-state index contributed by atoms with van der Waals surface area (Å²) in [5, 5.41) is 3.16. The average Bonchev–Trinajstić information content (AvgIpc) is 2.39. The Morgan fingerprint density at radius 3 is 2.74 bits per heavy atom. The van der Waals surface area contributed by atoms with E-state index >= 15 is 0 Å². The molecule has 0 bridgehead atoms. The molecule has 1 rings (SSSR count). The molecule has 0 radical (unpaired) electrons. The first-order chi connectivity index (χ1) is 9.13. The van der Waals surface area contributed by atoms with Gasteiger partial charge in [0.05, 0.1) is 24.1 Å². The van der Waals surface area contributed by atoms with Gasteiger partial charge < -0.3 is 10.2 Å². The van der Waals surface area contributed by atoms with Gasteiger partial charge >= 0.3 is 0 Å². The van der Waals surface area contributed by atoms with Crippen molar-refractivity contribution < 1.29 is 0 Å². The molecule has 1 aromatic heterocycles. The highest BCUT2D eigenvalue weighted by Gasteiger charge is 2.14. The molecule has 1 N–H and O–H groups in total. The van der Waals surface area contributed by atoms with Crippen LogP contribution in [0.4, 0.5) is 5.69 Å². The Morgan fingerprint density at radius 1 is 1.47 bits per heavy atom. The number of aromatic nitrogens is 2. The van der Waals surface area contributed by atoms with E-state index in [-0.39, 0.29) is 0 Å². The zero-order chi connectivity index (χ0) is 14.3. The second kappa shape index (κ2) is 7.75. The first kappa shape index (κ1) is 15.5. The molecule has 0 fully saturated rings. The zero-order valence-corrected chi connectivity index (χ0v) is 12.4. The van der Waals surface area contributed by atoms with E-state index in [2.05, 4.69) is 46.9 Å². The lowest BCUT2D eigenvalue weighted by Gasteiger charge is -2.24. The minimum Gasteiger partial charge on any atom is -0.358 e. The van der Waals surface area contributed by atoms with E-state index in [1.165, 1.54) is 0 Å². The van der Waals surface area contributed by atoms with Gasteiger partial charge in [0, 0.05) is 19.0 Å². The Balaban J connectivity index is 3.12. The normalized spacial score (nSPS) is 10.5. The van der Waals surface area contributed by atoms with Crippen LogP contribution in [0.2, 0.25) is 0 Å². The van der Waals surface area contributed by atoms with Crippen LogP contribution in [0.15, 0.2) is 6.20 Å². The molecular weight excluding hydrogens is 236 g/mol. The Kier molecular flexibility index (Phi) is 6.31. The summed E-state index contributed by atoms with van der Waals surface area (Å²) in [6.07, 6.45) is 8.40. The molecule has 0 aromatic carbocycles. The van der Waals surface area contributed by atoms with Crippen molar-refractivity contribution in [2.24, 2.45) is 0 Å². The molecule has 0 saturated carbocycles. The van der Waals surface area contributed by atoms with Crippen LogP contribution in [0.25, 0.3) is 0 Å². The van der Waals surface area contributed by atoms with Crippen molar-refractivity contribution in [3.8, 4) is 12.3 Å². The van der Waals surface area contributed by atoms with Gasteiger partial charge in [-0.2, -0.15) is 0 Å². The number of hydrogen-bond acceptors (Lipinski definition) is 4. The molecule has 0 aliphatic heterocycles. The van der Waals surface area contributed by atoms with Gasteiger partial charge in [0.1, 0.15) is 5.82 Å². The van der Waals surface area contributed by atoms with Gasteiger partial charge in [-0.15, -0.1) is 6.42 Å². The first-order valence-corrected chi connectivity index (χ1v) is 6.82. The largest absolute Gasteiger partial charge is 0.358 e. The zero-order valence-electron chi connectivity index (χ0n) is 12.4. The van der Waals surface area contributed by atoms with Crippen LogP contribution in [0.1, 0.15) is 44.6 Å². The van der Waals surface area contributed by atoms with Crippen LogP contribution in [-0.2, 0) is 6.54 Å². The van der Waals surface area contributed by atoms with Crippen molar-refractivity contribution in [1.82, 2.24) is 15.3 Å². The summed E-state index contributed by atoms with van der Waals surface area (Å²) in [7, 11) is 1.92.